The molecule has 158 valence electrons. The van der Waals surface area contributed by atoms with Gasteiger partial charge in [0.15, 0.2) is 17.1 Å². The average Bonchev–Trinajstić information content (AvgIpc) is 3.09. The lowest BCUT2D eigenvalue weighted by Crippen LogP contribution is -2.40. The molecular weight excluding hydrogens is 388 g/mol. The topological polar surface area (TPSA) is 78.3 Å². The fourth-order valence-electron chi connectivity index (χ4n) is 3.49. The first kappa shape index (κ1) is 21.5. The normalized spacial score (nSPS) is 16.8. The monoisotopic (exact) mass is 418 g/mol. The van der Waals surface area contributed by atoms with Crippen molar-refractivity contribution in [2.24, 2.45) is 7.05 Å². The van der Waals surface area contributed by atoms with Crippen molar-refractivity contribution < 1.29 is 14.3 Å². The minimum Gasteiger partial charge on any atom is -0.497 e. The number of ether oxygens (including phenoxy) is 2. The van der Waals surface area contributed by atoms with E-state index in [0.29, 0.717) is 22.8 Å². The Labute approximate surface area is 176 Å². The fourth-order valence-corrected chi connectivity index (χ4v) is 4.32. The molecule has 1 heterocycles. The van der Waals surface area contributed by atoms with E-state index >= 15 is 0 Å². The number of hydrogen-bond donors (Lipinski definition) is 1. The van der Waals surface area contributed by atoms with Gasteiger partial charge in [-0.15, -0.1) is 10.2 Å². The van der Waals surface area contributed by atoms with E-state index in [4.69, 9.17) is 9.47 Å². The first-order valence-electron chi connectivity index (χ1n) is 10.1. The van der Waals surface area contributed by atoms with Crippen molar-refractivity contribution in [2.75, 3.05) is 7.11 Å². The molecule has 1 aromatic heterocycles. The maximum Gasteiger partial charge on any atom is 0.233 e. The molecule has 7 nitrogen and oxygen atoms in total. The molecule has 1 saturated carbocycles. The summed E-state index contributed by atoms with van der Waals surface area (Å²) in [6.07, 6.45) is 5.54. The highest BCUT2D eigenvalue weighted by molar-refractivity contribution is 8.00. The molecule has 2 aromatic rings. The van der Waals surface area contributed by atoms with Gasteiger partial charge in [0, 0.05) is 19.2 Å². The second-order valence-electron chi connectivity index (χ2n) is 7.44. The molecule has 1 aromatic carbocycles. The van der Waals surface area contributed by atoms with Gasteiger partial charge in [-0.1, -0.05) is 37.1 Å². The zero-order valence-corrected chi connectivity index (χ0v) is 18.4. The number of carbonyl (C=O) groups excluding carboxylic acids is 1. The van der Waals surface area contributed by atoms with E-state index in [1.54, 1.807) is 7.11 Å². The lowest BCUT2D eigenvalue weighted by Gasteiger charge is -2.24. The van der Waals surface area contributed by atoms with Crippen molar-refractivity contribution in [1.82, 2.24) is 20.1 Å². The molecule has 0 spiro atoms. The van der Waals surface area contributed by atoms with Crippen molar-refractivity contribution >= 4 is 17.7 Å². The number of methoxy groups -OCH3 is 1. The van der Waals surface area contributed by atoms with E-state index in [1.807, 2.05) is 49.7 Å². The van der Waals surface area contributed by atoms with Crippen LogP contribution in [-0.2, 0) is 11.8 Å². The lowest BCUT2D eigenvalue weighted by molar-refractivity contribution is -0.121. The Morgan fingerprint density at radius 1 is 1.21 bits per heavy atom. The van der Waals surface area contributed by atoms with Crippen LogP contribution in [0.2, 0.25) is 0 Å². The van der Waals surface area contributed by atoms with Gasteiger partial charge in [-0.3, -0.25) is 4.79 Å². The summed E-state index contributed by atoms with van der Waals surface area (Å²) in [4.78, 5) is 12.5. The van der Waals surface area contributed by atoms with E-state index in [0.717, 1.165) is 18.6 Å². The number of benzene rings is 1. The Morgan fingerprint density at radius 2 is 1.93 bits per heavy atom. The molecule has 1 aliphatic carbocycles. The van der Waals surface area contributed by atoms with Crippen LogP contribution in [0.3, 0.4) is 0 Å². The number of rotatable bonds is 8. The van der Waals surface area contributed by atoms with E-state index < -0.39 is 0 Å². The molecule has 2 atom stereocenters. The summed E-state index contributed by atoms with van der Waals surface area (Å²) >= 11 is 1.42. The highest BCUT2D eigenvalue weighted by Gasteiger charge is 2.24. The fraction of sp³-hybridized carbons (Fsp3) is 0.571. The summed E-state index contributed by atoms with van der Waals surface area (Å²) in [5.41, 5.74) is 0. The van der Waals surface area contributed by atoms with Crippen molar-refractivity contribution in [1.29, 1.82) is 0 Å². The first-order chi connectivity index (χ1) is 14.0. The molecule has 2 unspecified atom stereocenters. The Hall–Kier alpha value is -2.22. The lowest BCUT2D eigenvalue weighted by atomic mass is 9.95. The first-order valence-corrected chi connectivity index (χ1v) is 11.0. The molecule has 0 aliphatic heterocycles. The maximum absolute atomic E-state index is 12.5. The Kier molecular flexibility index (Phi) is 7.41. The van der Waals surface area contributed by atoms with Gasteiger partial charge in [-0.2, -0.15) is 0 Å². The van der Waals surface area contributed by atoms with Gasteiger partial charge in [0.25, 0.3) is 0 Å². The highest BCUT2D eigenvalue weighted by Crippen LogP contribution is 2.28. The standard InChI is InChI=1S/C21H30N4O3S/c1-14(28-18-12-8-11-17(13-18)27-4)19-23-24-21(25(19)3)29-15(2)20(26)22-16-9-6-5-7-10-16/h8,11-16H,5-7,9-10H2,1-4H3,(H,22,26). The molecule has 1 amide bonds. The summed E-state index contributed by atoms with van der Waals surface area (Å²) < 4.78 is 13.1. The van der Waals surface area contributed by atoms with Crippen LogP contribution in [0.25, 0.3) is 0 Å². The van der Waals surface area contributed by atoms with Crippen molar-refractivity contribution in [2.45, 2.75) is 68.5 Å². The summed E-state index contributed by atoms with van der Waals surface area (Å²) in [5.74, 6) is 2.21. The Balaban J connectivity index is 1.59. The molecule has 1 N–H and O–H groups in total. The zero-order valence-electron chi connectivity index (χ0n) is 17.6. The van der Waals surface area contributed by atoms with Gasteiger partial charge in [-0.05, 0) is 38.8 Å². The molecule has 3 rings (SSSR count). The van der Waals surface area contributed by atoms with Crippen LogP contribution in [-0.4, -0.2) is 39.1 Å². The molecule has 0 radical (unpaired) electrons. The van der Waals surface area contributed by atoms with E-state index in [1.165, 1.54) is 31.0 Å². The SMILES string of the molecule is COc1cccc(OC(C)c2nnc(SC(C)C(=O)NC3CCCCC3)n2C)c1. The zero-order chi connectivity index (χ0) is 20.8. The summed E-state index contributed by atoms with van der Waals surface area (Å²) in [5, 5.41) is 12.2. The molecule has 8 heteroatoms. The minimum absolute atomic E-state index is 0.0622. The molecular formula is C21H30N4O3S. The third-order valence-corrected chi connectivity index (χ3v) is 6.32. The number of hydrogen-bond acceptors (Lipinski definition) is 6. The number of nitrogens with zero attached hydrogens (tertiary/aromatic N) is 3. The highest BCUT2D eigenvalue weighted by atomic mass is 32.2. The number of amides is 1. The third kappa shape index (κ3) is 5.65. The third-order valence-electron chi connectivity index (χ3n) is 5.19. The van der Waals surface area contributed by atoms with Crippen LogP contribution in [0, 0.1) is 0 Å². The van der Waals surface area contributed by atoms with E-state index in [2.05, 4.69) is 15.5 Å². The molecule has 0 saturated heterocycles. The van der Waals surface area contributed by atoms with E-state index in [9.17, 15) is 4.79 Å². The second-order valence-corrected chi connectivity index (χ2v) is 8.75. The van der Waals surface area contributed by atoms with Gasteiger partial charge in [0.1, 0.15) is 11.5 Å². The van der Waals surface area contributed by atoms with Crippen LogP contribution in [0.4, 0.5) is 0 Å². The van der Waals surface area contributed by atoms with Gasteiger partial charge in [0.05, 0.1) is 12.4 Å². The summed E-state index contributed by atoms with van der Waals surface area (Å²) in [6.45, 7) is 3.84. The van der Waals surface area contributed by atoms with Crippen LogP contribution in [0.15, 0.2) is 29.4 Å². The van der Waals surface area contributed by atoms with Gasteiger partial charge in [0.2, 0.25) is 5.91 Å². The number of carbonyl (C=O) groups is 1. The van der Waals surface area contributed by atoms with Gasteiger partial charge >= 0.3 is 0 Å². The Bertz CT molecular complexity index is 820. The van der Waals surface area contributed by atoms with Crippen LogP contribution in [0.5, 0.6) is 11.5 Å². The number of thioether (sulfide) groups is 1. The predicted octanol–water partition coefficient (Wildman–Crippen LogP) is 3.89. The number of nitrogens with one attached hydrogen (secondary N) is 1. The van der Waals surface area contributed by atoms with Crippen LogP contribution < -0.4 is 14.8 Å². The van der Waals surface area contributed by atoms with Crippen LogP contribution >= 0.6 is 11.8 Å². The molecule has 0 bridgehead atoms. The van der Waals surface area contributed by atoms with Crippen molar-refractivity contribution in [3.8, 4) is 11.5 Å². The van der Waals surface area contributed by atoms with Crippen molar-refractivity contribution in [3.05, 3.63) is 30.1 Å². The van der Waals surface area contributed by atoms with Gasteiger partial charge < -0.3 is 19.4 Å². The number of aromatic nitrogens is 3. The Morgan fingerprint density at radius 3 is 2.66 bits per heavy atom. The largest absolute Gasteiger partial charge is 0.497 e. The van der Waals surface area contributed by atoms with E-state index in [-0.39, 0.29) is 17.3 Å². The molecule has 1 aliphatic rings. The summed E-state index contributed by atoms with van der Waals surface area (Å²) in [6, 6.07) is 7.77. The minimum atomic E-state index is -0.291. The second kappa shape index (κ2) is 10.0. The maximum atomic E-state index is 12.5. The molecule has 29 heavy (non-hydrogen) atoms. The predicted molar refractivity (Wildman–Crippen MR) is 113 cm³/mol. The summed E-state index contributed by atoms with van der Waals surface area (Å²) in [7, 11) is 3.52. The van der Waals surface area contributed by atoms with Crippen molar-refractivity contribution in [3.63, 3.8) is 0 Å². The van der Waals surface area contributed by atoms with Gasteiger partial charge in [-0.25, -0.2) is 0 Å². The van der Waals surface area contributed by atoms with Crippen LogP contribution in [0.1, 0.15) is 57.9 Å². The average molecular weight is 419 g/mol. The quantitative estimate of drug-likeness (QED) is 0.655. The smallest absolute Gasteiger partial charge is 0.233 e. The molecule has 1 fully saturated rings.